The molecule has 4 nitrogen and oxygen atoms in total. The van der Waals surface area contributed by atoms with Gasteiger partial charge in [-0.25, -0.2) is 0 Å². The zero-order valence-electron chi connectivity index (χ0n) is 19.2. The van der Waals surface area contributed by atoms with Crippen molar-refractivity contribution in [2.24, 2.45) is 5.92 Å². The third kappa shape index (κ3) is 6.25. The van der Waals surface area contributed by atoms with Crippen LogP contribution in [0.1, 0.15) is 31.6 Å². The monoisotopic (exact) mass is 514 g/mol. The SMILES string of the molecule is CC(C)CCOP(=O)(c1ccc(N(C)C)cc1)C(Nc1ccccc1)c1ccc(Br)cc1. The van der Waals surface area contributed by atoms with Gasteiger partial charge in [0.2, 0.25) is 0 Å². The molecule has 6 heteroatoms. The minimum absolute atomic E-state index is 0.438. The lowest BCUT2D eigenvalue weighted by Crippen LogP contribution is -2.21. The second kappa shape index (κ2) is 11.2. The van der Waals surface area contributed by atoms with Gasteiger partial charge >= 0.3 is 0 Å². The standard InChI is InChI=1S/C26H32BrN2O2P/c1-20(2)18-19-31-32(30,25-16-14-24(15-17-25)29(3)4)26(21-10-12-22(27)13-11-21)28-23-8-6-5-7-9-23/h5-17,20,26,28H,18-19H2,1-4H3. The van der Waals surface area contributed by atoms with E-state index in [2.05, 4.69) is 35.1 Å². The zero-order valence-corrected chi connectivity index (χ0v) is 21.6. The number of nitrogens with zero attached hydrogens (tertiary/aromatic N) is 1. The molecule has 0 bridgehead atoms. The van der Waals surface area contributed by atoms with E-state index in [-0.39, 0.29) is 0 Å². The molecule has 0 aromatic heterocycles. The third-order valence-electron chi connectivity index (χ3n) is 5.31. The average molecular weight is 515 g/mol. The Bertz CT molecular complexity index is 1020. The third-order valence-corrected chi connectivity index (χ3v) is 8.53. The van der Waals surface area contributed by atoms with Crippen LogP contribution >= 0.6 is 23.3 Å². The van der Waals surface area contributed by atoms with E-state index in [0.717, 1.165) is 27.8 Å². The molecule has 0 amide bonds. The molecule has 0 aliphatic heterocycles. The van der Waals surface area contributed by atoms with Crippen molar-refractivity contribution in [3.05, 3.63) is 88.9 Å². The van der Waals surface area contributed by atoms with E-state index >= 15 is 0 Å². The fourth-order valence-corrected chi connectivity index (χ4v) is 6.07. The molecule has 3 aromatic rings. The summed E-state index contributed by atoms with van der Waals surface area (Å²) in [6.07, 6.45) is 0.845. The first-order valence-electron chi connectivity index (χ1n) is 10.9. The van der Waals surface area contributed by atoms with Gasteiger partial charge in [0.1, 0.15) is 5.78 Å². The van der Waals surface area contributed by atoms with Crippen molar-refractivity contribution in [2.45, 2.75) is 26.1 Å². The summed E-state index contributed by atoms with van der Waals surface area (Å²) in [7, 11) is 0.655. The lowest BCUT2D eigenvalue weighted by molar-refractivity contribution is 0.290. The normalized spacial score (nSPS) is 14.1. The van der Waals surface area contributed by atoms with Crippen molar-refractivity contribution in [3.8, 4) is 0 Å². The Morgan fingerprint density at radius 1 is 0.938 bits per heavy atom. The van der Waals surface area contributed by atoms with Crippen molar-refractivity contribution in [1.82, 2.24) is 0 Å². The van der Waals surface area contributed by atoms with Gasteiger partial charge in [-0.15, -0.1) is 0 Å². The van der Waals surface area contributed by atoms with Crippen molar-refractivity contribution in [2.75, 3.05) is 30.9 Å². The lowest BCUT2D eigenvalue weighted by Gasteiger charge is -2.30. The van der Waals surface area contributed by atoms with Gasteiger partial charge in [-0.05, 0) is 66.4 Å². The van der Waals surface area contributed by atoms with Crippen LogP contribution in [0.4, 0.5) is 11.4 Å². The molecule has 2 atom stereocenters. The van der Waals surface area contributed by atoms with E-state index in [9.17, 15) is 4.57 Å². The lowest BCUT2D eigenvalue weighted by atomic mass is 10.2. The summed E-state index contributed by atoms with van der Waals surface area (Å²) >= 11 is 3.51. The molecule has 0 spiro atoms. The van der Waals surface area contributed by atoms with Gasteiger partial charge in [-0.1, -0.05) is 60.1 Å². The van der Waals surface area contributed by atoms with Gasteiger partial charge in [-0.3, -0.25) is 4.57 Å². The number of benzene rings is 3. The molecule has 0 heterocycles. The van der Waals surface area contributed by atoms with Crippen LogP contribution in [0.25, 0.3) is 0 Å². The molecule has 0 saturated heterocycles. The quantitative estimate of drug-likeness (QED) is 0.288. The van der Waals surface area contributed by atoms with E-state index in [1.165, 1.54) is 0 Å². The first kappa shape index (κ1) is 24.6. The number of halogens is 1. The molecular weight excluding hydrogens is 483 g/mol. The molecule has 0 aliphatic rings. The van der Waals surface area contributed by atoms with Gasteiger partial charge in [0.25, 0.3) is 7.37 Å². The molecule has 1 N–H and O–H groups in total. The summed E-state index contributed by atoms with van der Waals surface area (Å²) in [4.78, 5) is 2.03. The van der Waals surface area contributed by atoms with Crippen LogP contribution in [0.2, 0.25) is 0 Å². The number of para-hydroxylation sites is 1. The molecule has 0 saturated carbocycles. The Kier molecular flexibility index (Phi) is 8.58. The summed E-state index contributed by atoms with van der Waals surface area (Å²) < 4.78 is 22.0. The van der Waals surface area contributed by atoms with Crippen molar-refractivity contribution in [3.63, 3.8) is 0 Å². The highest BCUT2D eigenvalue weighted by atomic mass is 79.9. The van der Waals surface area contributed by atoms with Gasteiger partial charge in [0.05, 0.1) is 6.61 Å². The van der Waals surface area contributed by atoms with Gasteiger partial charge in [-0.2, -0.15) is 0 Å². The average Bonchev–Trinajstić information content (AvgIpc) is 2.78. The van der Waals surface area contributed by atoms with Crippen molar-refractivity contribution in [1.29, 1.82) is 0 Å². The van der Waals surface area contributed by atoms with E-state index < -0.39 is 13.2 Å². The Balaban J connectivity index is 2.08. The topological polar surface area (TPSA) is 41.6 Å². The predicted octanol–water partition coefficient (Wildman–Crippen LogP) is 7.29. The summed E-state index contributed by atoms with van der Waals surface area (Å²) in [5.74, 6) is -0.0526. The Labute approximate surface area is 200 Å². The van der Waals surface area contributed by atoms with E-state index in [1.807, 2.05) is 97.9 Å². The van der Waals surface area contributed by atoms with Crippen LogP contribution in [-0.2, 0) is 9.09 Å². The molecule has 2 unspecified atom stereocenters. The van der Waals surface area contributed by atoms with Crippen LogP contribution in [0.15, 0.2) is 83.3 Å². The highest BCUT2D eigenvalue weighted by molar-refractivity contribution is 9.10. The maximum absolute atomic E-state index is 14.8. The second-order valence-electron chi connectivity index (χ2n) is 8.49. The molecule has 3 aromatic carbocycles. The maximum Gasteiger partial charge on any atom is 0.258 e. The van der Waals surface area contributed by atoms with Crippen LogP contribution < -0.4 is 15.5 Å². The number of hydrogen-bond donors (Lipinski definition) is 1. The molecular formula is C26H32BrN2O2P. The van der Waals surface area contributed by atoms with E-state index in [1.54, 1.807) is 0 Å². The summed E-state index contributed by atoms with van der Waals surface area (Å²) in [5.41, 5.74) is 2.87. The van der Waals surface area contributed by atoms with Crippen LogP contribution in [0, 0.1) is 5.92 Å². The molecule has 32 heavy (non-hydrogen) atoms. The minimum atomic E-state index is -3.34. The van der Waals surface area contributed by atoms with Crippen molar-refractivity contribution >= 4 is 40.0 Å². The highest BCUT2D eigenvalue weighted by Crippen LogP contribution is 2.59. The summed E-state index contributed by atoms with van der Waals surface area (Å²) in [6.45, 7) is 4.73. The smallest absolute Gasteiger partial charge is 0.258 e. The second-order valence-corrected chi connectivity index (χ2v) is 11.9. The van der Waals surface area contributed by atoms with Crippen LogP contribution in [-0.4, -0.2) is 20.7 Å². The first-order chi connectivity index (χ1) is 15.3. The maximum atomic E-state index is 14.8. The van der Waals surface area contributed by atoms with Gasteiger partial charge < -0.3 is 14.7 Å². The van der Waals surface area contributed by atoms with Crippen LogP contribution in [0.5, 0.6) is 0 Å². The summed E-state index contributed by atoms with van der Waals surface area (Å²) in [6, 6.07) is 25.7. The zero-order chi connectivity index (χ0) is 23.1. The minimum Gasteiger partial charge on any atom is -0.378 e. The number of hydrogen-bond acceptors (Lipinski definition) is 4. The number of nitrogens with one attached hydrogen (secondary N) is 1. The Hall–Kier alpha value is -2.07. The molecule has 170 valence electrons. The molecule has 3 rings (SSSR count). The van der Waals surface area contributed by atoms with Gasteiger partial charge in [0.15, 0.2) is 0 Å². The molecule has 0 radical (unpaired) electrons. The fraction of sp³-hybridized carbons (Fsp3) is 0.308. The van der Waals surface area contributed by atoms with Crippen molar-refractivity contribution < 1.29 is 9.09 Å². The van der Waals surface area contributed by atoms with Gasteiger partial charge in [0, 0.05) is 35.2 Å². The van der Waals surface area contributed by atoms with Crippen LogP contribution in [0.3, 0.4) is 0 Å². The molecule has 0 aliphatic carbocycles. The largest absolute Gasteiger partial charge is 0.378 e. The molecule has 0 fully saturated rings. The Morgan fingerprint density at radius 3 is 2.12 bits per heavy atom. The highest BCUT2D eigenvalue weighted by Gasteiger charge is 2.38. The number of rotatable bonds is 10. The Morgan fingerprint density at radius 2 is 1.56 bits per heavy atom. The first-order valence-corrected chi connectivity index (χ1v) is 13.4. The van der Waals surface area contributed by atoms with E-state index in [4.69, 9.17) is 4.52 Å². The predicted molar refractivity (Wildman–Crippen MR) is 140 cm³/mol. The number of anilines is 2. The van der Waals surface area contributed by atoms with E-state index in [0.29, 0.717) is 17.8 Å². The fourth-order valence-electron chi connectivity index (χ4n) is 3.38. The summed E-state index contributed by atoms with van der Waals surface area (Å²) in [5, 5.41) is 4.23.